The van der Waals surface area contributed by atoms with Gasteiger partial charge in [0.15, 0.2) is 0 Å². The van der Waals surface area contributed by atoms with E-state index in [9.17, 15) is 4.79 Å². The number of ether oxygens (including phenoxy) is 1. The lowest BCUT2D eigenvalue weighted by atomic mass is 9.93. The molecule has 4 nitrogen and oxygen atoms in total. The molecule has 2 aliphatic rings. The van der Waals surface area contributed by atoms with Gasteiger partial charge >= 0.3 is 0 Å². The van der Waals surface area contributed by atoms with Crippen LogP contribution in [-0.4, -0.2) is 44.1 Å². The fraction of sp³-hybridized carbons (Fsp3) is 0.500. The van der Waals surface area contributed by atoms with Crippen molar-refractivity contribution in [2.45, 2.75) is 19.3 Å². The van der Waals surface area contributed by atoms with Crippen LogP contribution in [-0.2, 0) is 4.79 Å². The maximum atomic E-state index is 12.7. The number of hydrogen-bond acceptors (Lipinski definition) is 3. The van der Waals surface area contributed by atoms with Crippen LogP contribution in [0.4, 0.5) is 0 Å². The van der Waals surface area contributed by atoms with Gasteiger partial charge in [0, 0.05) is 23.7 Å². The number of piperidine rings is 1. The molecule has 0 aromatic heterocycles. The smallest absolute Gasteiger partial charge is 0.253 e. The third kappa shape index (κ3) is 3.88. The molecule has 0 radical (unpaired) electrons. The van der Waals surface area contributed by atoms with Crippen LogP contribution in [0.2, 0.25) is 5.02 Å². The van der Waals surface area contributed by atoms with E-state index in [1.807, 2.05) is 30.2 Å². The number of carbonyl (C=O) groups is 1. The van der Waals surface area contributed by atoms with E-state index in [0.717, 1.165) is 49.7 Å². The Bertz CT molecular complexity index is 607. The van der Waals surface area contributed by atoms with Crippen LogP contribution < -0.4 is 10.1 Å². The highest BCUT2D eigenvalue weighted by Gasteiger charge is 2.26. The molecule has 1 fully saturated rings. The maximum Gasteiger partial charge on any atom is 0.253 e. The summed E-state index contributed by atoms with van der Waals surface area (Å²) in [6.07, 6.45) is 5.28. The first-order valence-electron chi connectivity index (χ1n) is 8.24. The normalized spacial score (nSPS) is 18.2. The van der Waals surface area contributed by atoms with Crippen LogP contribution in [0.25, 0.3) is 6.08 Å². The molecule has 3 rings (SSSR count). The van der Waals surface area contributed by atoms with Crippen LogP contribution in [0.5, 0.6) is 5.75 Å². The first kappa shape index (κ1) is 16.3. The predicted molar refractivity (Wildman–Crippen MR) is 92.8 cm³/mol. The van der Waals surface area contributed by atoms with Crippen molar-refractivity contribution in [2.24, 2.45) is 5.92 Å². The number of benzene rings is 1. The molecule has 2 heterocycles. The first-order valence-corrected chi connectivity index (χ1v) is 8.62. The van der Waals surface area contributed by atoms with E-state index >= 15 is 0 Å². The number of hydrogen-bond donors (Lipinski definition) is 1. The number of amides is 1. The Kier molecular flexibility index (Phi) is 5.23. The van der Waals surface area contributed by atoms with E-state index < -0.39 is 0 Å². The van der Waals surface area contributed by atoms with Crippen molar-refractivity contribution in [2.75, 3.05) is 33.3 Å². The fourth-order valence-corrected chi connectivity index (χ4v) is 3.43. The van der Waals surface area contributed by atoms with E-state index in [2.05, 4.69) is 5.32 Å². The maximum absolute atomic E-state index is 12.7. The van der Waals surface area contributed by atoms with Gasteiger partial charge in [0.2, 0.25) is 0 Å². The third-order valence-corrected chi connectivity index (χ3v) is 4.90. The topological polar surface area (TPSA) is 41.6 Å². The monoisotopic (exact) mass is 334 g/mol. The molecule has 0 bridgehead atoms. The van der Waals surface area contributed by atoms with Crippen molar-refractivity contribution in [3.8, 4) is 5.75 Å². The van der Waals surface area contributed by atoms with Crippen LogP contribution >= 0.6 is 11.6 Å². The number of nitrogens with one attached hydrogen (secondary N) is 1. The summed E-state index contributed by atoms with van der Waals surface area (Å²) < 4.78 is 5.69. The van der Waals surface area contributed by atoms with Crippen molar-refractivity contribution < 1.29 is 9.53 Å². The second kappa shape index (κ2) is 7.37. The number of likely N-dealkylation sites (tertiary alicyclic amines) is 1. The van der Waals surface area contributed by atoms with Gasteiger partial charge in [-0.3, -0.25) is 4.79 Å². The minimum absolute atomic E-state index is 0.0997. The van der Waals surface area contributed by atoms with Gasteiger partial charge in [0.25, 0.3) is 5.91 Å². The van der Waals surface area contributed by atoms with Crippen LogP contribution in [0, 0.1) is 5.92 Å². The van der Waals surface area contributed by atoms with Crippen molar-refractivity contribution in [3.05, 3.63) is 34.4 Å². The summed E-state index contributed by atoms with van der Waals surface area (Å²) in [6.45, 7) is 3.07. The molecule has 1 amide bonds. The molecular weight excluding hydrogens is 312 g/mol. The number of fused-ring (bicyclic) bond motifs is 1. The highest BCUT2D eigenvalue weighted by atomic mass is 35.5. The minimum Gasteiger partial charge on any atom is -0.488 e. The summed E-state index contributed by atoms with van der Waals surface area (Å²) in [5.74, 6) is 1.61. The van der Waals surface area contributed by atoms with Gasteiger partial charge < -0.3 is 15.0 Å². The van der Waals surface area contributed by atoms with Gasteiger partial charge in [0.05, 0.1) is 5.57 Å². The molecule has 1 saturated heterocycles. The number of nitrogens with zero attached hydrogens (tertiary/aromatic N) is 1. The highest BCUT2D eigenvalue weighted by molar-refractivity contribution is 6.30. The van der Waals surface area contributed by atoms with E-state index in [4.69, 9.17) is 16.3 Å². The number of carbonyl (C=O) groups excluding carboxylic acids is 1. The zero-order chi connectivity index (χ0) is 16.2. The molecule has 0 atom stereocenters. The summed E-state index contributed by atoms with van der Waals surface area (Å²) in [5, 5.41) is 3.85. The molecule has 0 spiro atoms. The summed E-state index contributed by atoms with van der Waals surface area (Å²) >= 11 is 6.03. The number of rotatable bonds is 4. The molecule has 1 N–H and O–H groups in total. The fourth-order valence-electron chi connectivity index (χ4n) is 3.25. The molecule has 1 aromatic carbocycles. The lowest BCUT2D eigenvalue weighted by molar-refractivity contribution is -0.128. The Morgan fingerprint density at radius 2 is 2.17 bits per heavy atom. The molecule has 0 saturated carbocycles. The standard InChI is InChI=1S/C18H23ClN2O2/c1-20-7-4-13-5-8-21(9-6-13)18(22)15-10-14-11-16(19)2-3-17(14)23-12-15/h2-3,10-11,13,20H,4-9,12H2,1H3. The summed E-state index contributed by atoms with van der Waals surface area (Å²) in [6, 6.07) is 5.49. The van der Waals surface area contributed by atoms with Gasteiger partial charge in [-0.15, -0.1) is 0 Å². The van der Waals surface area contributed by atoms with Crippen LogP contribution in [0.1, 0.15) is 24.8 Å². The van der Waals surface area contributed by atoms with Crippen molar-refractivity contribution in [1.29, 1.82) is 0 Å². The predicted octanol–water partition coefficient (Wildman–Crippen LogP) is 2.96. The third-order valence-electron chi connectivity index (χ3n) is 4.66. The molecule has 23 heavy (non-hydrogen) atoms. The molecular formula is C18H23ClN2O2. The van der Waals surface area contributed by atoms with Gasteiger partial charge in [-0.2, -0.15) is 0 Å². The summed E-state index contributed by atoms with van der Waals surface area (Å²) in [5.41, 5.74) is 1.60. The molecule has 5 heteroatoms. The Hall–Kier alpha value is -1.52. The molecule has 124 valence electrons. The largest absolute Gasteiger partial charge is 0.488 e. The highest BCUT2D eigenvalue weighted by Crippen LogP contribution is 2.30. The van der Waals surface area contributed by atoms with E-state index in [1.54, 1.807) is 6.07 Å². The van der Waals surface area contributed by atoms with Crippen molar-refractivity contribution >= 4 is 23.6 Å². The zero-order valence-electron chi connectivity index (χ0n) is 13.5. The average Bonchev–Trinajstić information content (AvgIpc) is 2.59. The Balaban J connectivity index is 1.63. The van der Waals surface area contributed by atoms with E-state index in [-0.39, 0.29) is 5.91 Å². The molecule has 0 aliphatic carbocycles. The quantitative estimate of drug-likeness (QED) is 0.920. The Morgan fingerprint density at radius 3 is 2.91 bits per heavy atom. The number of halogens is 1. The molecule has 0 unspecified atom stereocenters. The van der Waals surface area contributed by atoms with Crippen LogP contribution in [0.15, 0.2) is 23.8 Å². The SMILES string of the molecule is CNCCC1CCN(C(=O)C2=Cc3cc(Cl)ccc3OC2)CC1. The lowest BCUT2D eigenvalue weighted by Gasteiger charge is -2.33. The molecule has 1 aromatic rings. The van der Waals surface area contributed by atoms with Gasteiger partial charge in [-0.05, 0) is 63.0 Å². The van der Waals surface area contributed by atoms with Gasteiger partial charge in [-0.1, -0.05) is 11.6 Å². The Morgan fingerprint density at radius 1 is 1.39 bits per heavy atom. The van der Waals surface area contributed by atoms with Crippen molar-refractivity contribution in [1.82, 2.24) is 10.2 Å². The lowest BCUT2D eigenvalue weighted by Crippen LogP contribution is -2.40. The minimum atomic E-state index is 0.0997. The van der Waals surface area contributed by atoms with E-state index in [1.165, 1.54) is 6.42 Å². The van der Waals surface area contributed by atoms with Crippen LogP contribution in [0.3, 0.4) is 0 Å². The van der Waals surface area contributed by atoms with E-state index in [0.29, 0.717) is 17.2 Å². The molecule has 2 aliphatic heterocycles. The second-order valence-corrected chi connectivity index (χ2v) is 6.70. The Labute approximate surface area is 142 Å². The first-order chi connectivity index (χ1) is 11.2. The van der Waals surface area contributed by atoms with Crippen molar-refractivity contribution in [3.63, 3.8) is 0 Å². The zero-order valence-corrected chi connectivity index (χ0v) is 14.2. The summed E-state index contributed by atoms with van der Waals surface area (Å²) in [4.78, 5) is 14.7. The second-order valence-electron chi connectivity index (χ2n) is 6.27. The average molecular weight is 335 g/mol. The summed E-state index contributed by atoms with van der Waals surface area (Å²) in [7, 11) is 1.98. The van der Waals surface area contributed by atoms with Gasteiger partial charge in [0.1, 0.15) is 12.4 Å². The van der Waals surface area contributed by atoms with Gasteiger partial charge in [-0.25, -0.2) is 0 Å².